The Morgan fingerprint density at radius 2 is 1.74 bits per heavy atom. The third-order valence-corrected chi connectivity index (χ3v) is 4.53. The lowest BCUT2D eigenvalue weighted by molar-refractivity contribution is -0.139. The highest BCUT2D eigenvalue weighted by molar-refractivity contribution is 7.10. The summed E-state index contributed by atoms with van der Waals surface area (Å²) in [5.41, 5.74) is 1.67. The van der Waals surface area contributed by atoms with E-state index in [1.165, 1.54) is 18.6 Å². The number of rotatable bonds is 3. The van der Waals surface area contributed by atoms with E-state index in [9.17, 15) is 9.59 Å². The van der Waals surface area contributed by atoms with Crippen LogP contribution in [0.2, 0.25) is 0 Å². The molecule has 0 amide bonds. The standard InChI is InChI=1S/C16H19NO3S.C2H6/c1-16(2,3)17-14(18)10-13(21-17)12-7-5-11(6-8-12)9-15(19)20-4;1-2/h5-8,10H,9H2,1-4H3;1-2H3. The van der Waals surface area contributed by atoms with Crippen LogP contribution in [-0.4, -0.2) is 17.0 Å². The third-order valence-electron chi connectivity index (χ3n) is 3.07. The highest BCUT2D eigenvalue weighted by atomic mass is 32.1. The molecule has 0 aliphatic rings. The smallest absolute Gasteiger partial charge is 0.309 e. The molecule has 2 rings (SSSR count). The van der Waals surface area contributed by atoms with E-state index < -0.39 is 0 Å². The lowest BCUT2D eigenvalue weighted by Gasteiger charge is -2.18. The fourth-order valence-corrected chi connectivity index (χ4v) is 2.98. The van der Waals surface area contributed by atoms with E-state index in [4.69, 9.17) is 0 Å². The molecule has 0 bridgehead atoms. The molecular weight excluding hydrogens is 310 g/mol. The minimum Gasteiger partial charge on any atom is -0.469 e. The number of aromatic nitrogens is 1. The summed E-state index contributed by atoms with van der Waals surface area (Å²) < 4.78 is 6.41. The van der Waals surface area contributed by atoms with Gasteiger partial charge in [0.25, 0.3) is 5.56 Å². The van der Waals surface area contributed by atoms with Gasteiger partial charge < -0.3 is 4.74 Å². The molecule has 0 saturated carbocycles. The van der Waals surface area contributed by atoms with E-state index in [0.717, 1.165) is 16.0 Å². The van der Waals surface area contributed by atoms with Gasteiger partial charge in [-0.2, -0.15) is 0 Å². The predicted octanol–water partition coefficient (Wildman–Crippen LogP) is 4.07. The number of hydrogen-bond acceptors (Lipinski definition) is 4. The molecule has 0 atom stereocenters. The van der Waals surface area contributed by atoms with E-state index in [0.29, 0.717) is 0 Å². The van der Waals surface area contributed by atoms with Gasteiger partial charge in [-0.15, -0.1) is 0 Å². The molecule has 2 aromatic rings. The summed E-state index contributed by atoms with van der Waals surface area (Å²) in [6, 6.07) is 9.29. The molecule has 0 radical (unpaired) electrons. The normalized spacial score (nSPS) is 10.7. The average molecular weight is 335 g/mol. The Morgan fingerprint density at radius 1 is 1.17 bits per heavy atom. The number of methoxy groups -OCH3 is 1. The predicted molar refractivity (Wildman–Crippen MR) is 96.1 cm³/mol. The maximum absolute atomic E-state index is 12.0. The number of ether oxygens (including phenoxy) is 1. The van der Waals surface area contributed by atoms with Crippen molar-refractivity contribution in [2.24, 2.45) is 0 Å². The number of nitrogens with zero attached hydrogens (tertiary/aromatic N) is 1. The number of benzene rings is 1. The first-order valence-corrected chi connectivity index (χ1v) is 8.48. The van der Waals surface area contributed by atoms with Crippen LogP contribution in [0.1, 0.15) is 40.2 Å². The molecular formula is C18H25NO3S. The molecule has 0 aliphatic heterocycles. The summed E-state index contributed by atoms with van der Waals surface area (Å²) in [6.45, 7) is 10.0. The van der Waals surface area contributed by atoms with Gasteiger partial charge in [0.05, 0.1) is 23.9 Å². The Labute approximate surface area is 141 Å². The fourth-order valence-electron chi connectivity index (χ4n) is 1.97. The van der Waals surface area contributed by atoms with Gasteiger partial charge in [0.15, 0.2) is 0 Å². The molecule has 0 N–H and O–H groups in total. The van der Waals surface area contributed by atoms with Gasteiger partial charge in [-0.3, -0.25) is 13.5 Å². The molecule has 1 aromatic carbocycles. The first-order valence-electron chi connectivity index (χ1n) is 7.71. The van der Waals surface area contributed by atoms with Gasteiger partial charge in [-0.25, -0.2) is 0 Å². The summed E-state index contributed by atoms with van der Waals surface area (Å²) >= 11 is 1.46. The minimum absolute atomic E-state index is 0.0149. The van der Waals surface area contributed by atoms with Crippen molar-refractivity contribution in [1.82, 2.24) is 3.96 Å². The van der Waals surface area contributed by atoms with Crippen LogP contribution in [0.3, 0.4) is 0 Å². The molecule has 0 spiro atoms. The van der Waals surface area contributed by atoms with E-state index in [1.54, 1.807) is 10.0 Å². The highest BCUT2D eigenvalue weighted by Crippen LogP contribution is 2.26. The zero-order chi connectivity index (χ0) is 17.6. The Morgan fingerprint density at radius 3 is 2.17 bits per heavy atom. The van der Waals surface area contributed by atoms with Crippen molar-refractivity contribution in [3.05, 3.63) is 46.2 Å². The number of carbonyl (C=O) groups excluding carboxylic acids is 1. The zero-order valence-electron chi connectivity index (χ0n) is 14.7. The number of esters is 1. The summed E-state index contributed by atoms with van der Waals surface area (Å²) in [4.78, 5) is 24.2. The van der Waals surface area contributed by atoms with Crippen molar-refractivity contribution in [3.63, 3.8) is 0 Å². The SMILES string of the molecule is CC.COC(=O)Cc1ccc(-c2cc(=O)n(C(C)(C)C)s2)cc1. The largest absolute Gasteiger partial charge is 0.469 e. The first-order chi connectivity index (χ1) is 10.8. The third kappa shape index (κ3) is 5.06. The van der Waals surface area contributed by atoms with Crippen molar-refractivity contribution >= 4 is 17.5 Å². The Hall–Kier alpha value is -1.88. The lowest BCUT2D eigenvalue weighted by Crippen LogP contribution is -2.28. The molecule has 0 aliphatic carbocycles. The van der Waals surface area contributed by atoms with Gasteiger partial charge >= 0.3 is 5.97 Å². The second-order valence-corrected chi connectivity index (χ2v) is 6.84. The van der Waals surface area contributed by atoms with Gasteiger partial charge in [-0.1, -0.05) is 49.6 Å². The second kappa shape index (κ2) is 8.11. The molecule has 4 nitrogen and oxygen atoms in total. The molecule has 1 aromatic heterocycles. The van der Waals surface area contributed by atoms with Crippen LogP contribution in [0, 0.1) is 0 Å². The van der Waals surface area contributed by atoms with Crippen LogP contribution in [0.25, 0.3) is 10.4 Å². The molecule has 126 valence electrons. The summed E-state index contributed by atoms with van der Waals surface area (Å²) in [6.07, 6.45) is 0.260. The van der Waals surface area contributed by atoms with Crippen molar-refractivity contribution in [2.45, 2.75) is 46.6 Å². The van der Waals surface area contributed by atoms with Gasteiger partial charge in [-0.05, 0) is 31.9 Å². The molecule has 0 fully saturated rings. The van der Waals surface area contributed by atoms with Gasteiger partial charge in [0.2, 0.25) is 0 Å². The van der Waals surface area contributed by atoms with Crippen LogP contribution in [0.15, 0.2) is 35.1 Å². The highest BCUT2D eigenvalue weighted by Gasteiger charge is 2.18. The van der Waals surface area contributed by atoms with E-state index in [-0.39, 0.29) is 23.5 Å². The fraction of sp³-hybridized carbons (Fsp3) is 0.444. The number of carbonyl (C=O) groups is 1. The summed E-state index contributed by atoms with van der Waals surface area (Å²) in [5, 5.41) is 0. The summed E-state index contributed by atoms with van der Waals surface area (Å²) in [5.74, 6) is -0.258. The lowest BCUT2D eigenvalue weighted by atomic mass is 10.1. The first kappa shape index (κ1) is 19.2. The summed E-state index contributed by atoms with van der Waals surface area (Å²) in [7, 11) is 1.38. The van der Waals surface area contributed by atoms with Crippen LogP contribution < -0.4 is 5.56 Å². The van der Waals surface area contributed by atoms with Crippen molar-refractivity contribution in [1.29, 1.82) is 0 Å². The van der Waals surface area contributed by atoms with Crippen molar-refractivity contribution in [3.8, 4) is 10.4 Å². The van der Waals surface area contributed by atoms with Gasteiger partial charge in [0.1, 0.15) is 0 Å². The molecule has 0 saturated heterocycles. The maximum atomic E-state index is 12.0. The van der Waals surface area contributed by atoms with E-state index >= 15 is 0 Å². The van der Waals surface area contributed by atoms with E-state index in [2.05, 4.69) is 4.74 Å². The molecule has 5 heteroatoms. The molecule has 23 heavy (non-hydrogen) atoms. The van der Waals surface area contributed by atoms with Gasteiger partial charge in [0, 0.05) is 6.07 Å². The quantitative estimate of drug-likeness (QED) is 0.794. The average Bonchev–Trinajstić information content (AvgIpc) is 2.92. The zero-order valence-corrected chi connectivity index (χ0v) is 15.5. The Balaban J connectivity index is 0.00000127. The van der Waals surface area contributed by atoms with Crippen LogP contribution in [0.5, 0.6) is 0 Å². The Bertz CT molecular complexity index is 690. The van der Waals surface area contributed by atoms with Crippen molar-refractivity contribution < 1.29 is 9.53 Å². The van der Waals surface area contributed by atoms with E-state index in [1.807, 2.05) is 58.9 Å². The molecule has 1 heterocycles. The van der Waals surface area contributed by atoms with Crippen LogP contribution >= 0.6 is 11.5 Å². The van der Waals surface area contributed by atoms with Crippen LogP contribution in [-0.2, 0) is 21.5 Å². The molecule has 0 unspecified atom stereocenters. The number of hydrogen-bond donors (Lipinski definition) is 0. The maximum Gasteiger partial charge on any atom is 0.309 e. The minimum atomic E-state index is -0.258. The van der Waals surface area contributed by atoms with Crippen molar-refractivity contribution in [2.75, 3.05) is 7.11 Å². The monoisotopic (exact) mass is 335 g/mol. The van der Waals surface area contributed by atoms with Crippen LogP contribution in [0.4, 0.5) is 0 Å². The Kier molecular flexibility index (Phi) is 6.76. The second-order valence-electron chi connectivity index (χ2n) is 5.85. The topological polar surface area (TPSA) is 48.3 Å².